The van der Waals surface area contributed by atoms with Crippen LogP contribution in [0.5, 0.6) is 11.5 Å². The normalized spacial score (nSPS) is 13.5. The lowest BCUT2D eigenvalue weighted by atomic mass is 10.0. The van der Waals surface area contributed by atoms with Gasteiger partial charge in [-0.25, -0.2) is 4.39 Å². The van der Waals surface area contributed by atoms with Crippen LogP contribution in [-0.4, -0.2) is 24.6 Å². The van der Waals surface area contributed by atoms with Gasteiger partial charge < -0.3 is 14.0 Å². The van der Waals surface area contributed by atoms with Crippen LogP contribution in [0.15, 0.2) is 47.4 Å². The molecule has 2 aromatic carbocycles. The van der Waals surface area contributed by atoms with Crippen LogP contribution >= 0.6 is 0 Å². The summed E-state index contributed by atoms with van der Waals surface area (Å²) in [4.78, 5) is 26.1. The van der Waals surface area contributed by atoms with Crippen molar-refractivity contribution in [2.75, 3.05) is 14.2 Å². The van der Waals surface area contributed by atoms with Crippen molar-refractivity contribution in [3.05, 3.63) is 69.8 Å². The molecule has 0 aliphatic heterocycles. The van der Waals surface area contributed by atoms with E-state index in [0.717, 1.165) is 19.4 Å². The highest BCUT2D eigenvalue weighted by Crippen LogP contribution is 2.34. The second-order valence-electron chi connectivity index (χ2n) is 7.03. The molecule has 144 valence electrons. The zero-order valence-electron chi connectivity index (χ0n) is 15.7. The summed E-state index contributed by atoms with van der Waals surface area (Å²) in [5.74, 6) is 0.629. The Labute approximate surface area is 161 Å². The predicted molar refractivity (Wildman–Crippen MR) is 104 cm³/mol. The summed E-state index contributed by atoms with van der Waals surface area (Å²) in [6, 6.07) is 8.59. The minimum Gasteiger partial charge on any atom is -0.493 e. The number of halogens is 1. The number of rotatable bonds is 6. The Morgan fingerprint density at radius 2 is 1.75 bits per heavy atom. The molecule has 0 spiro atoms. The fraction of sp³-hybridized carbons (Fsp3) is 0.273. The van der Waals surface area contributed by atoms with Gasteiger partial charge in [-0.05, 0) is 49.1 Å². The molecule has 0 saturated heterocycles. The molecule has 1 aliphatic rings. The summed E-state index contributed by atoms with van der Waals surface area (Å²) in [5, 5.41) is 0.395. The number of carbonyl (C=O) groups is 1. The van der Waals surface area contributed by atoms with Crippen molar-refractivity contribution in [3.8, 4) is 11.5 Å². The number of ketones is 1. The Hall–Kier alpha value is -3.15. The molecule has 1 saturated carbocycles. The highest BCUT2D eigenvalue weighted by atomic mass is 19.1. The number of methoxy groups -OCH3 is 2. The number of hydrogen-bond acceptors (Lipinski definition) is 4. The van der Waals surface area contributed by atoms with Gasteiger partial charge >= 0.3 is 0 Å². The number of pyridine rings is 1. The van der Waals surface area contributed by atoms with E-state index in [-0.39, 0.29) is 16.6 Å². The number of hydrogen-bond donors (Lipinski definition) is 0. The van der Waals surface area contributed by atoms with Crippen molar-refractivity contribution in [3.63, 3.8) is 0 Å². The highest BCUT2D eigenvalue weighted by Gasteiger charge is 2.25. The summed E-state index contributed by atoms with van der Waals surface area (Å²) < 4.78 is 25.9. The fourth-order valence-corrected chi connectivity index (χ4v) is 3.36. The topological polar surface area (TPSA) is 57.5 Å². The van der Waals surface area contributed by atoms with E-state index in [4.69, 9.17) is 9.47 Å². The Bertz CT molecular complexity index is 1110. The van der Waals surface area contributed by atoms with Gasteiger partial charge in [0.05, 0.1) is 30.7 Å². The molecule has 0 radical (unpaired) electrons. The molecule has 1 aliphatic carbocycles. The molecule has 4 rings (SSSR count). The van der Waals surface area contributed by atoms with E-state index in [1.54, 1.807) is 25.4 Å². The molecule has 0 N–H and O–H groups in total. The first-order valence-corrected chi connectivity index (χ1v) is 9.11. The van der Waals surface area contributed by atoms with Gasteiger partial charge in [0, 0.05) is 24.4 Å². The Morgan fingerprint density at radius 3 is 2.36 bits per heavy atom. The monoisotopic (exact) mass is 381 g/mol. The Morgan fingerprint density at radius 1 is 1.11 bits per heavy atom. The second-order valence-corrected chi connectivity index (χ2v) is 7.03. The van der Waals surface area contributed by atoms with Crippen LogP contribution in [0.1, 0.15) is 28.8 Å². The van der Waals surface area contributed by atoms with Gasteiger partial charge in [-0.2, -0.15) is 0 Å². The standard InChI is InChI=1S/C22H20FNO4/c1-27-19-9-16-18(10-20(19)28-2)24(11-13-3-4-13)12-17(22(16)26)21(25)14-5-7-15(23)8-6-14/h5-10,12-13H,3-4,11H2,1-2H3. The quantitative estimate of drug-likeness (QED) is 0.610. The average molecular weight is 381 g/mol. The maximum atomic E-state index is 13.2. The van der Waals surface area contributed by atoms with Crippen molar-refractivity contribution in [1.82, 2.24) is 4.57 Å². The molecule has 1 heterocycles. The molecule has 1 aromatic heterocycles. The Kier molecular flexibility index (Phi) is 4.63. The van der Waals surface area contributed by atoms with Crippen LogP contribution in [0.25, 0.3) is 10.9 Å². The number of fused-ring (bicyclic) bond motifs is 1. The summed E-state index contributed by atoms with van der Waals surface area (Å²) in [7, 11) is 3.04. The van der Waals surface area contributed by atoms with Gasteiger partial charge in [0.2, 0.25) is 5.43 Å². The largest absolute Gasteiger partial charge is 0.493 e. The maximum Gasteiger partial charge on any atom is 0.200 e. The molecule has 5 nitrogen and oxygen atoms in total. The highest BCUT2D eigenvalue weighted by molar-refractivity contribution is 6.10. The summed E-state index contributed by atoms with van der Waals surface area (Å²) in [6.07, 6.45) is 3.87. The molecule has 0 atom stereocenters. The molecular weight excluding hydrogens is 361 g/mol. The van der Waals surface area contributed by atoms with Crippen LogP contribution in [0.3, 0.4) is 0 Å². The third-order valence-electron chi connectivity index (χ3n) is 5.09. The number of nitrogens with zero attached hydrogens (tertiary/aromatic N) is 1. The summed E-state index contributed by atoms with van der Waals surface area (Å²) in [5.41, 5.74) is 0.658. The molecule has 28 heavy (non-hydrogen) atoms. The molecule has 0 bridgehead atoms. The van der Waals surface area contributed by atoms with E-state index in [9.17, 15) is 14.0 Å². The molecule has 3 aromatic rings. The van der Waals surface area contributed by atoms with E-state index >= 15 is 0 Å². The van der Waals surface area contributed by atoms with Crippen molar-refractivity contribution in [2.45, 2.75) is 19.4 Å². The lowest BCUT2D eigenvalue weighted by Crippen LogP contribution is -2.20. The SMILES string of the molecule is COc1cc2c(=O)c(C(=O)c3ccc(F)cc3)cn(CC3CC3)c2cc1OC. The minimum atomic E-state index is -0.432. The van der Waals surface area contributed by atoms with Crippen molar-refractivity contribution < 1.29 is 18.7 Å². The lowest BCUT2D eigenvalue weighted by Gasteiger charge is -2.16. The molecule has 0 unspecified atom stereocenters. The van der Waals surface area contributed by atoms with Gasteiger partial charge in [0.15, 0.2) is 17.3 Å². The number of ether oxygens (including phenoxy) is 2. The summed E-state index contributed by atoms with van der Waals surface area (Å²) in [6.45, 7) is 0.718. The zero-order chi connectivity index (χ0) is 19.8. The van der Waals surface area contributed by atoms with E-state index < -0.39 is 11.6 Å². The summed E-state index contributed by atoms with van der Waals surface area (Å²) >= 11 is 0. The number of benzene rings is 2. The average Bonchev–Trinajstić information content (AvgIpc) is 3.53. The van der Waals surface area contributed by atoms with E-state index in [0.29, 0.717) is 28.3 Å². The third kappa shape index (κ3) is 3.26. The van der Waals surface area contributed by atoms with Crippen LogP contribution in [0, 0.1) is 11.7 Å². The molecule has 6 heteroatoms. The third-order valence-corrected chi connectivity index (χ3v) is 5.09. The van der Waals surface area contributed by atoms with Gasteiger partial charge in [-0.15, -0.1) is 0 Å². The first kappa shape index (κ1) is 18.2. The molecule has 0 amide bonds. The Balaban J connectivity index is 1.93. The minimum absolute atomic E-state index is 0.0620. The lowest BCUT2D eigenvalue weighted by molar-refractivity contribution is 0.103. The van der Waals surface area contributed by atoms with Gasteiger partial charge in [-0.1, -0.05) is 0 Å². The fourth-order valence-electron chi connectivity index (χ4n) is 3.36. The van der Waals surface area contributed by atoms with Crippen molar-refractivity contribution >= 4 is 16.7 Å². The number of aromatic nitrogens is 1. The van der Waals surface area contributed by atoms with E-state index in [1.165, 1.54) is 31.4 Å². The molecular formula is C22H20FNO4. The van der Waals surface area contributed by atoms with Crippen LogP contribution in [-0.2, 0) is 6.54 Å². The van der Waals surface area contributed by atoms with Crippen LogP contribution < -0.4 is 14.9 Å². The van der Waals surface area contributed by atoms with E-state index in [2.05, 4.69) is 0 Å². The van der Waals surface area contributed by atoms with Crippen molar-refractivity contribution in [1.29, 1.82) is 0 Å². The second kappa shape index (κ2) is 7.11. The van der Waals surface area contributed by atoms with Gasteiger partial charge in [0.1, 0.15) is 5.82 Å². The maximum absolute atomic E-state index is 13.2. The van der Waals surface area contributed by atoms with E-state index in [1.807, 2.05) is 4.57 Å². The smallest absolute Gasteiger partial charge is 0.200 e. The van der Waals surface area contributed by atoms with Crippen LogP contribution in [0.4, 0.5) is 4.39 Å². The predicted octanol–water partition coefficient (Wildman–Crippen LogP) is 3.80. The zero-order valence-corrected chi connectivity index (χ0v) is 15.7. The van der Waals surface area contributed by atoms with Crippen LogP contribution in [0.2, 0.25) is 0 Å². The molecule has 1 fully saturated rings. The number of carbonyl (C=O) groups excluding carboxylic acids is 1. The first-order valence-electron chi connectivity index (χ1n) is 9.11. The van der Waals surface area contributed by atoms with Crippen molar-refractivity contribution in [2.24, 2.45) is 5.92 Å². The first-order chi connectivity index (χ1) is 13.5. The van der Waals surface area contributed by atoms with Gasteiger partial charge in [0.25, 0.3) is 0 Å². The van der Waals surface area contributed by atoms with Gasteiger partial charge in [-0.3, -0.25) is 9.59 Å².